The van der Waals surface area contributed by atoms with Crippen molar-refractivity contribution < 1.29 is 59.3 Å². The summed E-state index contributed by atoms with van der Waals surface area (Å²) in [6, 6.07) is 8.21. The number of anilines is 2. The van der Waals surface area contributed by atoms with Crippen LogP contribution in [0.4, 0.5) is 20.3 Å². The quantitative estimate of drug-likeness (QED) is 0.384. The van der Waals surface area contributed by atoms with Crippen LogP contribution in [0.1, 0.15) is 32.6 Å². The van der Waals surface area contributed by atoms with Gasteiger partial charge in [-0.2, -0.15) is 5.10 Å². The Morgan fingerprint density at radius 3 is 2.35 bits per heavy atom. The molecule has 0 saturated carbocycles. The van der Waals surface area contributed by atoms with Crippen LogP contribution in [-0.4, -0.2) is 40.1 Å². The number of halogens is 3. The Bertz CT molecular complexity index is 1160. The molecule has 3 aromatic rings. The zero-order valence-electron chi connectivity index (χ0n) is 17.2. The number of carboxylic acids is 1. The van der Waals surface area contributed by atoms with Crippen LogP contribution in [0.3, 0.4) is 0 Å². The molecule has 2 aromatic carbocycles. The van der Waals surface area contributed by atoms with Gasteiger partial charge >= 0.3 is 35.5 Å². The molecule has 0 spiro atoms. The normalized spacial score (nSPS) is 10.2. The predicted octanol–water partition coefficient (Wildman–Crippen LogP) is 0.685. The Morgan fingerprint density at radius 1 is 1.13 bits per heavy atom. The number of benzene rings is 2. The molecule has 31 heavy (non-hydrogen) atoms. The second kappa shape index (κ2) is 10.0. The molecule has 0 saturated heterocycles. The first kappa shape index (κ1) is 24.5. The van der Waals surface area contributed by atoms with Crippen molar-refractivity contribution in [3.63, 3.8) is 0 Å². The minimum absolute atomic E-state index is 0. The number of H-pyrrole nitrogens is 1. The summed E-state index contributed by atoms with van der Waals surface area (Å²) >= 11 is 5.77. The van der Waals surface area contributed by atoms with E-state index in [2.05, 4.69) is 15.5 Å². The molecule has 8 nitrogen and oxygen atoms in total. The van der Waals surface area contributed by atoms with Crippen LogP contribution in [0.25, 0.3) is 0 Å². The Labute approximate surface area is 203 Å². The third-order valence-corrected chi connectivity index (χ3v) is 4.42. The minimum Gasteiger partial charge on any atom is -1.00 e. The van der Waals surface area contributed by atoms with E-state index in [-0.39, 0.29) is 58.6 Å². The van der Waals surface area contributed by atoms with Gasteiger partial charge in [0.05, 0.1) is 16.1 Å². The molecule has 0 aliphatic carbocycles. The average molecular weight is 459 g/mol. The summed E-state index contributed by atoms with van der Waals surface area (Å²) in [5.41, 5.74) is 0.217. The van der Waals surface area contributed by atoms with Crippen LogP contribution in [0.15, 0.2) is 42.5 Å². The van der Waals surface area contributed by atoms with Crippen molar-refractivity contribution in [1.29, 1.82) is 0 Å². The van der Waals surface area contributed by atoms with Crippen LogP contribution in [0.2, 0.25) is 5.02 Å². The summed E-state index contributed by atoms with van der Waals surface area (Å²) in [5, 5.41) is 17.2. The number of carboxylic acid groups (broad SMARTS) is 1. The molecule has 12 heteroatoms. The van der Waals surface area contributed by atoms with Crippen molar-refractivity contribution in [2.75, 3.05) is 17.3 Å². The maximum atomic E-state index is 13.4. The van der Waals surface area contributed by atoms with Gasteiger partial charge in [-0.1, -0.05) is 11.6 Å². The molecular weight excluding hydrogens is 445 g/mol. The fourth-order valence-electron chi connectivity index (χ4n) is 2.50. The second-order valence-electron chi connectivity index (χ2n) is 6.08. The first-order chi connectivity index (χ1) is 14.2. The number of carbonyl (C=O) groups is 3. The molecule has 156 valence electrons. The standard InChI is InChI=1S/C19H13ClF2N4O4.Na.H/c1-26(10-4-2-9(3-5-10)19(29)30)18(28)15-8-16(25-24-15)23-17(27)11-6-13(21)14(22)7-12(11)20;;/h2-8H,1H3,(H,29,30)(H2,23,24,25,27);;/q;+1;-1. The predicted molar refractivity (Wildman–Crippen MR) is 105 cm³/mol. The van der Waals surface area contributed by atoms with Crippen molar-refractivity contribution in [3.8, 4) is 0 Å². The molecule has 0 radical (unpaired) electrons. The van der Waals surface area contributed by atoms with Gasteiger partial charge in [-0.3, -0.25) is 14.7 Å². The summed E-state index contributed by atoms with van der Waals surface area (Å²) in [4.78, 5) is 37.0. The summed E-state index contributed by atoms with van der Waals surface area (Å²) in [7, 11) is 1.47. The zero-order chi connectivity index (χ0) is 22.0. The van der Waals surface area contributed by atoms with Crippen molar-refractivity contribution in [3.05, 3.63) is 75.9 Å². The Morgan fingerprint density at radius 2 is 1.74 bits per heavy atom. The smallest absolute Gasteiger partial charge is 1.00 e. The number of aromatic carboxylic acids is 1. The number of aromatic amines is 1. The number of hydrogen-bond donors (Lipinski definition) is 3. The Hall–Kier alpha value is -2.79. The van der Waals surface area contributed by atoms with Gasteiger partial charge in [-0.05, 0) is 36.4 Å². The number of nitrogens with zero attached hydrogens (tertiary/aromatic N) is 2. The summed E-state index contributed by atoms with van der Waals surface area (Å²) in [5.74, 6) is -4.93. The summed E-state index contributed by atoms with van der Waals surface area (Å²) in [6.07, 6.45) is 0. The van der Waals surface area contributed by atoms with Crippen LogP contribution in [-0.2, 0) is 0 Å². The molecule has 2 amide bonds. The maximum absolute atomic E-state index is 13.4. The number of carbonyl (C=O) groups excluding carboxylic acids is 2. The van der Waals surface area contributed by atoms with Gasteiger partial charge < -0.3 is 16.7 Å². The maximum Gasteiger partial charge on any atom is 1.00 e. The van der Waals surface area contributed by atoms with Gasteiger partial charge in [0, 0.05) is 18.8 Å². The van der Waals surface area contributed by atoms with Crippen molar-refractivity contribution in [1.82, 2.24) is 10.2 Å². The van der Waals surface area contributed by atoms with E-state index in [1.165, 1.54) is 42.3 Å². The average Bonchev–Trinajstić information content (AvgIpc) is 3.18. The van der Waals surface area contributed by atoms with Crippen LogP contribution >= 0.6 is 11.6 Å². The second-order valence-corrected chi connectivity index (χ2v) is 6.49. The number of rotatable bonds is 5. The van der Waals surface area contributed by atoms with E-state index in [9.17, 15) is 23.2 Å². The molecular formula is C19H14ClF2N4NaO4. The molecule has 0 unspecified atom stereocenters. The summed E-state index contributed by atoms with van der Waals surface area (Å²) in [6.45, 7) is 0. The fourth-order valence-corrected chi connectivity index (χ4v) is 2.74. The van der Waals surface area contributed by atoms with E-state index < -0.39 is 29.4 Å². The molecule has 3 rings (SSSR count). The Kier molecular flexibility index (Phi) is 7.91. The van der Waals surface area contributed by atoms with Gasteiger partial charge in [-0.25, -0.2) is 13.6 Å². The molecule has 0 atom stereocenters. The van der Waals surface area contributed by atoms with Crippen LogP contribution in [0, 0.1) is 11.6 Å². The SMILES string of the molecule is CN(C(=O)c1cc(NC(=O)c2cc(F)c(F)cc2Cl)n[nH]1)c1ccc(C(=O)O)cc1.[H-].[Na+]. The van der Waals surface area contributed by atoms with E-state index in [0.717, 1.165) is 0 Å². The van der Waals surface area contributed by atoms with E-state index >= 15 is 0 Å². The monoisotopic (exact) mass is 458 g/mol. The number of aromatic nitrogens is 2. The third-order valence-electron chi connectivity index (χ3n) is 4.11. The summed E-state index contributed by atoms with van der Waals surface area (Å²) < 4.78 is 26.5. The van der Waals surface area contributed by atoms with Crippen molar-refractivity contribution in [2.24, 2.45) is 0 Å². The van der Waals surface area contributed by atoms with Crippen molar-refractivity contribution >= 4 is 40.9 Å². The van der Waals surface area contributed by atoms with E-state index in [0.29, 0.717) is 17.8 Å². The van der Waals surface area contributed by atoms with Gasteiger partial charge in [-0.15, -0.1) is 0 Å². The van der Waals surface area contributed by atoms with Gasteiger partial charge in [0.2, 0.25) is 0 Å². The van der Waals surface area contributed by atoms with Crippen LogP contribution < -0.4 is 39.8 Å². The first-order valence-corrected chi connectivity index (χ1v) is 8.68. The number of amides is 2. The van der Waals surface area contributed by atoms with Gasteiger partial charge in [0.25, 0.3) is 11.8 Å². The molecule has 1 aromatic heterocycles. The van der Waals surface area contributed by atoms with Gasteiger partial charge in [0.1, 0.15) is 5.69 Å². The van der Waals surface area contributed by atoms with Crippen LogP contribution in [0.5, 0.6) is 0 Å². The Balaban J connectivity index is 0.00000256. The molecule has 0 bridgehead atoms. The number of hydrogen-bond acceptors (Lipinski definition) is 4. The minimum atomic E-state index is -1.24. The molecule has 0 fully saturated rings. The fraction of sp³-hybridized carbons (Fsp3) is 0.0526. The van der Waals surface area contributed by atoms with E-state index in [4.69, 9.17) is 16.7 Å². The number of nitrogens with one attached hydrogen (secondary N) is 2. The van der Waals surface area contributed by atoms with E-state index in [1.54, 1.807) is 0 Å². The van der Waals surface area contributed by atoms with Crippen molar-refractivity contribution in [2.45, 2.75) is 0 Å². The first-order valence-electron chi connectivity index (χ1n) is 8.30. The topological polar surface area (TPSA) is 115 Å². The molecule has 0 aliphatic rings. The molecule has 3 N–H and O–H groups in total. The third kappa shape index (κ3) is 5.47. The van der Waals surface area contributed by atoms with Gasteiger partial charge in [0.15, 0.2) is 17.5 Å². The zero-order valence-corrected chi connectivity index (χ0v) is 19.0. The molecule has 0 aliphatic heterocycles. The molecule has 1 heterocycles. The van der Waals surface area contributed by atoms with E-state index in [1.807, 2.05) is 0 Å². The largest absolute Gasteiger partial charge is 1.00 e.